The molecular weight excluding hydrogens is 272 g/mol. The Morgan fingerprint density at radius 1 is 0.714 bits per heavy atom. The van der Waals surface area contributed by atoms with E-state index in [9.17, 15) is 5.11 Å². The van der Waals surface area contributed by atoms with Crippen LogP contribution in [0.2, 0.25) is 0 Å². The quantitative estimate of drug-likeness (QED) is 0.917. The van der Waals surface area contributed by atoms with Crippen LogP contribution in [0.15, 0.2) is 30.3 Å². The molecule has 2 aromatic rings. The van der Waals surface area contributed by atoms with Gasteiger partial charge in [-0.15, -0.1) is 0 Å². The molecule has 5 heteroatoms. The van der Waals surface area contributed by atoms with Crippen molar-refractivity contribution in [2.24, 2.45) is 0 Å². The molecule has 0 atom stereocenters. The van der Waals surface area contributed by atoms with Crippen LogP contribution >= 0.6 is 0 Å². The molecule has 0 aliphatic rings. The lowest BCUT2D eigenvalue weighted by Crippen LogP contribution is -1.97. The summed E-state index contributed by atoms with van der Waals surface area (Å²) in [7, 11) is 6.18. The van der Waals surface area contributed by atoms with E-state index in [1.807, 2.05) is 12.1 Å². The Morgan fingerprint density at radius 2 is 1.33 bits per heavy atom. The standard InChI is InChI=1S/C16H18O5/c1-18-13-7-5-10(9-12(13)17)11-6-8-14(19-2)16(21-4)15(11)20-3/h5-9,17H,1-4H3. The molecule has 21 heavy (non-hydrogen) atoms. The van der Waals surface area contributed by atoms with Gasteiger partial charge in [0.1, 0.15) is 0 Å². The van der Waals surface area contributed by atoms with E-state index in [0.29, 0.717) is 23.0 Å². The van der Waals surface area contributed by atoms with E-state index >= 15 is 0 Å². The summed E-state index contributed by atoms with van der Waals surface area (Å²) in [6, 6.07) is 8.78. The molecule has 0 aromatic heterocycles. The molecule has 0 saturated carbocycles. The van der Waals surface area contributed by atoms with Crippen LogP contribution < -0.4 is 18.9 Å². The van der Waals surface area contributed by atoms with Gasteiger partial charge in [-0.05, 0) is 29.8 Å². The fraction of sp³-hybridized carbons (Fsp3) is 0.250. The monoisotopic (exact) mass is 290 g/mol. The van der Waals surface area contributed by atoms with E-state index in [-0.39, 0.29) is 5.75 Å². The van der Waals surface area contributed by atoms with Crippen LogP contribution in [0, 0.1) is 0 Å². The van der Waals surface area contributed by atoms with Crippen molar-refractivity contribution >= 4 is 0 Å². The SMILES string of the molecule is COc1ccc(-c2ccc(OC)c(OC)c2OC)cc1O. The average Bonchev–Trinajstić information content (AvgIpc) is 2.52. The first kappa shape index (κ1) is 14.8. The molecule has 0 aliphatic heterocycles. The summed E-state index contributed by atoms with van der Waals surface area (Å²) in [4.78, 5) is 0. The Hall–Kier alpha value is -2.56. The van der Waals surface area contributed by atoms with Crippen LogP contribution in [0.25, 0.3) is 11.1 Å². The lowest BCUT2D eigenvalue weighted by atomic mass is 10.0. The summed E-state index contributed by atoms with van der Waals surface area (Å²) in [5, 5.41) is 9.92. The second-order valence-corrected chi connectivity index (χ2v) is 4.27. The van der Waals surface area contributed by atoms with E-state index in [4.69, 9.17) is 18.9 Å². The fourth-order valence-corrected chi connectivity index (χ4v) is 2.19. The molecule has 0 fully saturated rings. The number of rotatable bonds is 5. The van der Waals surface area contributed by atoms with E-state index in [1.54, 1.807) is 39.5 Å². The van der Waals surface area contributed by atoms with Crippen molar-refractivity contribution in [1.82, 2.24) is 0 Å². The number of phenols is 1. The highest BCUT2D eigenvalue weighted by molar-refractivity contribution is 5.77. The second kappa shape index (κ2) is 6.26. The lowest BCUT2D eigenvalue weighted by molar-refractivity contribution is 0.325. The number of hydrogen-bond donors (Lipinski definition) is 1. The molecule has 5 nitrogen and oxygen atoms in total. The molecule has 0 heterocycles. The number of phenolic OH excluding ortho intramolecular Hbond substituents is 1. The van der Waals surface area contributed by atoms with E-state index in [1.165, 1.54) is 7.11 Å². The molecule has 0 amide bonds. The van der Waals surface area contributed by atoms with E-state index in [0.717, 1.165) is 11.1 Å². The summed E-state index contributed by atoms with van der Waals surface area (Å²) in [5.41, 5.74) is 1.57. The Balaban J connectivity index is 2.61. The molecular formula is C16H18O5. The van der Waals surface area contributed by atoms with Gasteiger partial charge in [0.2, 0.25) is 5.75 Å². The van der Waals surface area contributed by atoms with Gasteiger partial charge >= 0.3 is 0 Å². The summed E-state index contributed by atoms with van der Waals surface area (Å²) < 4.78 is 21.1. The smallest absolute Gasteiger partial charge is 0.203 e. The topological polar surface area (TPSA) is 57.2 Å². The number of hydrogen-bond acceptors (Lipinski definition) is 5. The molecule has 0 unspecified atom stereocenters. The van der Waals surface area contributed by atoms with Crippen molar-refractivity contribution in [2.75, 3.05) is 28.4 Å². The zero-order chi connectivity index (χ0) is 15.4. The first-order valence-electron chi connectivity index (χ1n) is 6.32. The highest BCUT2D eigenvalue weighted by Crippen LogP contribution is 2.45. The largest absolute Gasteiger partial charge is 0.504 e. The van der Waals surface area contributed by atoms with Crippen molar-refractivity contribution in [2.45, 2.75) is 0 Å². The first-order chi connectivity index (χ1) is 10.2. The molecule has 0 bridgehead atoms. The van der Waals surface area contributed by atoms with Gasteiger partial charge in [0.15, 0.2) is 23.0 Å². The minimum absolute atomic E-state index is 0.0619. The van der Waals surface area contributed by atoms with Gasteiger partial charge in [0.05, 0.1) is 28.4 Å². The normalized spacial score (nSPS) is 10.1. The first-order valence-corrected chi connectivity index (χ1v) is 6.32. The third-order valence-corrected chi connectivity index (χ3v) is 3.19. The summed E-state index contributed by atoms with van der Waals surface area (Å²) in [6.07, 6.45) is 0. The molecule has 0 saturated heterocycles. The summed E-state index contributed by atoms with van der Waals surface area (Å²) in [6.45, 7) is 0. The third kappa shape index (κ3) is 2.67. The van der Waals surface area contributed by atoms with Crippen LogP contribution in [0.4, 0.5) is 0 Å². The number of methoxy groups -OCH3 is 4. The van der Waals surface area contributed by atoms with Gasteiger partial charge in [0, 0.05) is 5.56 Å². The maximum Gasteiger partial charge on any atom is 0.203 e. The molecule has 1 N–H and O–H groups in total. The molecule has 0 spiro atoms. The maximum atomic E-state index is 9.92. The predicted octanol–water partition coefficient (Wildman–Crippen LogP) is 3.09. The Morgan fingerprint density at radius 3 is 1.86 bits per heavy atom. The van der Waals surface area contributed by atoms with E-state index < -0.39 is 0 Å². The van der Waals surface area contributed by atoms with Crippen LogP contribution in [0.3, 0.4) is 0 Å². The van der Waals surface area contributed by atoms with Crippen molar-refractivity contribution in [3.05, 3.63) is 30.3 Å². The molecule has 2 aromatic carbocycles. The van der Waals surface area contributed by atoms with Crippen LogP contribution in [0.5, 0.6) is 28.7 Å². The number of ether oxygens (including phenoxy) is 4. The van der Waals surface area contributed by atoms with Crippen LogP contribution in [0.1, 0.15) is 0 Å². The molecule has 112 valence electrons. The Kier molecular flexibility index (Phi) is 4.42. The zero-order valence-electron chi connectivity index (χ0n) is 12.5. The minimum Gasteiger partial charge on any atom is -0.504 e. The summed E-state index contributed by atoms with van der Waals surface area (Å²) in [5.74, 6) is 2.11. The van der Waals surface area contributed by atoms with Gasteiger partial charge < -0.3 is 24.1 Å². The highest BCUT2D eigenvalue weighted by atomic mass is 16.5. The third-order valence-electron chi connectivity index (χ3n) is 3.19. The molecule has 0 aliphatic carbocycles. The molecule has 0 radical (unpaired) electrons. The maximum absolute atomic E-state index is 9.92. The van der Waals surface area contributed by atoms with Gasteiger partial charge in [0.25, 0.3) is 0 Å². The van der Waals surface area contributed by atoms with Crippen molar-refractivity contribution in [1.29, 1.82) is 0 Å². The average molecular weight is 290 g/mol. The second-order valence-electron chi connectivity index (χ2n) is 4.27. The van der Waals surface area contributed by atoms with Crippen molar-refractivity contribution in [3.63, 3.8) is 0 Å². The van der Waals surface area contributed by atoms with Crippen molar-refractivity contribution in [3.8, 4) is 39.9 Å². The van der Waals surface area contributed by atoms with Crippen LogP contribution in [-0.4, -0.2) is 33.5 Å². The highest BCUT2D eigenvalue weighted by Gasteiger charge is 2.17. The van der Waals surface area contributed by atoms with Crippen molar-refractivity contribution < 1.29 is 24.1 Å². The van der Waals surface area contributed by atoms with E-state index in [2.05, 4.69) is 0 Å². The van der Waals surface area contributed by atoms with Crippen LogP contribution in [-0.2, 0) is 0 Å². The number of aromatic hydroxyl groups is 1. The summed E-state index contributed by atoms with van der Waals surface area (Å²) >= 11 is 0. The zero-order valence-corrected chi connectivity index (χ0v) is 12.5. The van der Waals surface area contributed by atoms with Gasteiger partial charge in [-0.1, -0.05) is 6.07 Å². The Bertz CT molecular complexity index is 637. The Labute approximate surface area is 123 Å². The van der Waals surface area contributed by atoms with Gasteiger partial charge in [-0.2, -0.15) is 0 Å². The minimum atomic E-state index is 0.0619. The predicted molar refractivity (Wildman–Crippen MR) is 79.8 cm³/mol. The van der Waals surface area contributed by atoms with Gasteiger partial charge in [-0.25, -0.2) is 0 Å². The lowest BCUT2D eigenvalue weighted by Gasteiger charge is -2.16. The number of benzene rings is 2. The molecule has 2 rings (SSSR count). The fourth-order valence-electron chi connectivity index (χ4n) is 2.19. The van der Waals surface area contributed by atoms with Gasteiger partial charge in [-0.3, -0.25) is 0 Å².